The Morgan fingerprint density at radius 1 is 0.909 bits per heavy atom. The van der Waals surface area contributed by atoms with E-state index in [1.807, 2.05) is 30.3 Å². The Kier molecular flexibility index (Phi) is 3.92. The number of amides is 1. The van der Waals surface area contributed by atoms with Crippen LogP contribution in [0.4, 0.5) is 10.1 Å². The van der Waals surface area contributed by atoms with E-state index in [-0.39, 0.29) is 11.7 Å². The lowest BCUT2D eigenvalue weighted by molar-refractivity contribution is 0.102. The zero-order valence-electron chi connectivity index (χ0n) is 11.7. The number of rotatable bonds is 3. The fraction of sp³-hybridized carbons (Fsp3) is 0. The van der Waals surface area contributed by atoms with Crippen molar-refractivity contribution < 1.29 is 9.18 Å². The number of anilines is 1. The Morgan fingerprint density at radius 2 is 1.64 bits per heavy atom. The van der Waals surface area contributed by atoms with Gasteiger partial charge in [0.05, 0.1) is 5.69 Å². The van der Waals surface area contributed by atoms with Crippen LogP contribution in [0.5, 0.6) is 0 Å². The molecule has 3 aromatic rings. The maximum Gasteiger partial charge on any atom is 0.255 e. The highest BCUT2D eigenvalue weighted by Crippen LogP contribution is 2.17. The molecule has 0 fully saturated rings. The van der Waals surface area contributed by atoms with Crippen LogP contribution in [0.3, 0.4) is 0 Å². The van der Waals surface area contributed by atoms with Crippen molar-refractivity contribution in [3.63, 3.8) is 0 Å². The van der Waals surface area contributed by atoms with Crippen LogP contribution < -0.4 is 5.32 Å². The van der Waals surface area contributed by atoms with Crippen molar-refractivity contribution in [2.75, 3.05) is 5.32 Å². The standard InChI is InChI=1S/C18H13FN2O/c19-15-8-10-16(11-9-15)21-18(22)14-6-4-13(5-7-14)17-3-1-2-12-20-17/h1-12H,(H,21,22). The third kappa shape index (κ3) is 3.17. The van der Waals surface area contributed by atoms with E-state index in [0.29, 0.717) is 11.3 Å². The molecule has 1 heterocycles. The van der Waals surface area contributed by atoms with Gasteiger partial charge in [-0.2, -0.15) is 0 Å². The summed E-state index contributed by atoms with van der Waals surface area (Å²) < 4.78 is 12.8. The van der Waals surface area contributed by atoms with Crippen molar-refractivity contribution in [2.45, 2.75) is 0 Å². The van der Waals surface area contributed by atoms with Crippen molar-refractivity contribution in [3.8, 4) is 11.3 Å². The number of carbonyl (C=O) groups is 1. The van der Waals surface area contributed by atoms with E-state index >= 15 is 0 Å². The zero-order valence-corrected chi connectivity index (χ0v) is 11.7. The second kappa shape index (κ2) is 6.18. The molecule has 0 atom stereocenters. The third-order valence-corrected chi connectivity index (χ3v) is 3.21. The first-order valence-corrected chi connectivity index (χ1v) is 6.81. The van der Waals surface area contributed by atoms with Gasteiger partial charge in [-0.05, 0) is 48.5 Å². The van der Waals surface area contributed by atoms with Gasteiger partial charge in [0, 0.05) is 23.0 Å². The predicted octanol–water partition coefficient (Wildman–Crippen LogP) is 4.14. The summed E-state index contributed by atoms with van der Waals surface area (Å²) in [4.78, 5) is 16.4. The summed E-state index contributed by atoms with van der Waals surface area (Å²) in [5, 5.41) is 2.72. The van der Waals surface area contributed by atoms with Crippen molar-refractivity contribution in [3.05, 3.63) is 84.3 Å². The van der Waals surface area contributed by atoms with Gasteiger partial charge in [-0.3, -0.25) is 9.78 Å². The van der Waals surface area contributed by atoms with E-state index in [0.717, 1.165) is 11.3 Å². The van der Waals surface area contributed by atoms with Crippen molar-refractivity contribution in [1.82, 2.24) is 4.98 Å². The Morgan fingerprint density at radius 3 is 2.27 bits per heavy atom. The Labute approximate surface area is 127 Å². The molecule has 1 amide bonds. The molecule has 0 bridgehead atoms. The van der Waals surface area contributed by atoms with Gasteiger partial charge in [0.2, 0.25) is 0 Å². The van der Waals surface area contributed by atoms with Gasteiger partial charge in [-0.1, -0.05) is 18.2 Å². The number of hydrogen-bond acceptors (Lipinski definition) is 2. The van der Waals surface area contributed by atoms with Crippen LogP contribution in [0.2, 0.25) is 0 Å². The van der Waals surface area contributed by atoms with Gasteiger partial charge in [0.25, 0.3) is 5.91 Å². The molecule has 0 aliphatic rings. The molecule has 2 aromatic carbocycles. The molecule has 22 heavy (non-hydrogen) atoms. The average Bonchev–Trinajstić information content (AvgIpc) is 2.58. The first-order chi connectivity index (χ1) is 10.7. The van der Waals surface area contributed by atoms with Crippen LogP contribution in [0.1, 0.15) is 10.4 Å². The summed E-state index contributed by atoms with van der Waals surface area (Å²) in [6.07, 6.45) is 1.73. The molecule has 0 saturated heterocycles. The highest BCUT2D eigenvalue weighted by molar-refractivity contribution is 6.04. The molecule has 108 valence electrons. The molecular weight excluding hydrogens is 279 g/mol. The maximum absolute atomic E-state index is 12.8. The second-order valence-electron chi connectivity index (χ2n) is 4.75. The van der Waals surface area contributed by atoms with Crippen LogP contribution in [0.15, 0.2) is 72.9 Å². The molecule has 0 saturated carbocycles. The van der Waals surface area contributed by atoms with E-state index in [2.05, 4.69) is 10.3 Å². The fourth-order valence-corrected chi connectivity index (χ4v) is 2.06. The zero-order chi connectivity index (χ0) is 15.4. The van der Waals surface area contributed by atoms with E-state index in [1.54, 1.807) is 18.3 Å². The van der Waals surface area contributed by atoms with Gasteiger partial charge in [0.15, 0.2) is 0 Å². The fourth-order valence-electron chi connectivity index (χ4n) is 2.06. The molecule has 3 rings (SSSR count). The number of aromatic nitrogens is 1. The highest BCUT2D eigenvalue weighted by atomic mass is 19.1. The third-order valence-electron chi connectivity index (χ3n) is 3.21. The first kappa shape index (κ1) is 13.9. The van der Waals surface area contributed by atoms with Crippen LogP contribution in [-0.2, 0) is 0 Å². The normalized spacial score (nSPS) is 10.2. The lowest BCUT2D eigenvalue weighted by atomic mass is 10.1. The Hall–Kier alpha value is -3.01. The summed E-state index contributed by atoms with van der Waals surface area (Å²) in [5.41, 5.74) is 2.89. The largest absolute Gasteiger partial charge is 0.322 e. The number of carbonyl (C=O) groups excluding carboxylic acids is 1. The van der Waals surface area contributed by atoms with E-state index in [1.165, 1.54) is 24.3 Å². The molecule has 0 unspecified atom stereocenters. The second-order valence-corrected chi connectivity index (χ2v) is 4.75. The number of benzene rings is 2. The van der Waals surface area contributed by atoms with Crippen molar-refractivity contribution >= 4 is 11.6 Å². The summed E-state index contributed by atoms with van der Waals surface area (Å²) in [5.74, 6) is -0.572. The van der Waals surface area contributed by atoms with Gasteiger partial charge < -0.3 is 5.32 Å². The summed E-state index contributed by atoms with van der Waals surface area (Å²) in [6, 6.07) is 18.5. The smallest absolute Gasteiger partial charge is 0.255 e. The number of nitrogens with zero attached hydrogens (tertiary/aromatic N) is 1. The van der Waals surface area contributed by atoms with Gasteiger partial charge in [-0.15, -0.1) is 0 Å². The van der Waals surface area contributed by atoms with Crippen molar-refractivity contribution in [1.29, 1.82) is 0 Å². The topological polar surface area (TPSA) is 42.0 Å². The summed E-state index contributed by atoms with van der Waals surface area (Å²) in [7, 11) is 0. The lowest BCUT2D eigenvalue weighted by Gasteiger charge is -2.06. The molecule has 1 aromatic heterocycles. The van der Waals surface area contributed by atoms with E-state index in [9.17, 15) is 9.18 Å². The minimum absolute atomic E-state index is 0.237. The van der Waals surface area contributed by atoms with Gasteiger partial charge >= 0.3 is 0 Å². The Balaban J connectivity index is 1.75. The molecule has 4 heteroatoms. The van der Waals surface area contributed by atoms with Crippen molar-refractivity contribution in [2.24, 2.45) is 0 Å². The minimum atomic E-state index is -0.335. The van der Waals surface area contributed by atoms with Crippen LogP contribution in [-0.4, -0.2) is 10.9 Å². The van der Waals surface area contributed by atoms with Gasteiger partial charge in [0.1, 0.15) is 5.82 Å². The van der Waals surface area contributed by atoms with Crippen LogP contribution in [0.25, 0.3) is 11.3 Å². The molecule has 0 aliphatic carbocycles. The maximum atomic E-state index is 12.8. The van der Waals surface area contributed by atoms with Gasteiger partial charge in [-0.25, -0.2) is 4.39 Å². The summed E-state index contributed by atoms with van der Waals surface area (Å²) in [6.45, 7) is 0. The van der Waals surface area contributed by atoms with E-state index < -0.39 is 0 Å². The average molecular weight is 292 g/mol. The quantitative estimate of drug-likeness (QED) is 0.788. The predicted molar refractivity (Wildman–Crippen MR) is 84.0 cm³/mol. The Bertz CT molecular complexity index is 768. The molecule has 0 radical (unpaired) electrons. The van der Waals surface area contributed by atoms with E-state index in [4.69, 9.17) is 0 Å². The van der Waals surface area contributed by atoms with Crippen LogP contribution in [0, 0.1) is 5.82 Å². The molecular formula is C18H13FN2O. The van der Waals surface area contributed by atoms with Crippen LogP contribution >= 0.6 is 0 Å². The number of nitrogens with one attached hydrogen (secondary N) is 1. The number of pyridine rings is 1. The molecule has 0 spiro atoms. The SMILES string of the molecule is O=C(Nc1ccc(F)cc1)c1ccc(-c2ccccn2)cc1. The first-order valence-electron chi connectivity index (χ1n) is 6.81. The molecule has 0 aliphatic heterocycles. The number of halogens is 1. The highest BCUT2D eigenvalue weighted by Gasteiger charge is 2.07. The number of hydrogen-bond donors (Lipinski definition) is 1. The molecule has 1 N–H and O–H groups in total. The molecule has 3 nitrogen and oxygen atoms in total. The minimum Gasteiger partial charge on any atom is -0.322 e. The monoisotopic (exact) mass is 292 g/mol. The summed E-state index contributed by atoms with van der Waals surface area (Å²) >= 11 is 0. The lowest BCUT2D eigenvalue weighted by Crippen LogP contribution is -2.11.